The van der Waals surface area contributed by atoms with Crippen molar-refractivity contribution in [3.05, 3.63) is 23.3 Å². The van der Waals surface area contributed by atoms with Gasteiger partial charge in [-0.15, -0.1) is 0 Å². The number of piperazine rings is 1. The lowest BCUT2D eigenvalue weighted by Gasteiger charge is -2.38. The second-order valence-electron chi connectivity index (χ2n) is 7.10. The fourth-order valence-electron chi connectivity index (χ4n) is 3.63. The van der Waals surface area contributed by atoms with E-state index in [9.17, 15) is 4.79 Å². The summed E-state index contributed by atoms with van der Waals surface area (Å²) in [7, 11) is 0. The van der Waals surface area contributed by atoms with Gasteiger partial charge >= 0.3 is 0 Å². The molecular formula is C20H32N4O. The van der Waals surface area contributed by atoms with E-state index in [1.165, 1.54) is 5.69 Å². The molecule has 0 radical (unpaired) electrons. The summed E-state index contributed by atoms with van der Waals surface area (Å²) in [5.41, 5.74) is 11.4. The van der Waals surface area contributed by atoms with E-state index in [4.69, 9.17) is 5.53 Å². The molecule has 1 unspecified atom stereocenters. The normalized spacial score (nSPS) is 16.0. The summed E-state index contributed by atoms with van der Waals surface area (Å²) in [6.07, 6.45) is 4.24. The molecule has 0 bridgehead atoms. The molecule has 5 heteroatoms. The van der Waals surface area contributed by atoms with Gasteiger partial charge in [0.05, 0.1) is 5.69 Å². The third kappa shape index (κ3) is 4.59. The lowest BCUT2D eigenvalue weighted by atomic mass is 9.97. The van der Waals surface area contributed by atoms with Crippen LogP contribution in [0.5, 0.6) is 0 Å². The highest BCUT2D eigenvalue weighted by Gasteiger charge is 2.26. The van der Waals surface area contributed by atoms with Gasteiger partial charge < -0.3 is 9.80 Å². The van der Waals surface area contributed by atoms with Crippen molar-refractivity contribution in [1.82, 2.24) is 4.90 Å². The number of hydrogen-bond donors (Lipinski definition) is 1. The fraction of sp³-hybridized carbons (Fsp3) is 0.650. The molecule has 1 atom stereocenters. The molecule has 1 aliphatic rings. The van der Waals surface area contributed by atoms with Crippen LogP contribution in [0, 0.1) is 25.3 Å². The summed E-state index contributed by atoms with van der Waals surface area (Å²) in [5, 5.41) is 3.58. The van der Waals surface area contributed by atoms with Gasteiger partial charge in [0.15, 0.2) is 0 Å². The zero-order valence-electron chi connectivity index (χ0n) is 16.1. The minimum absolute atomic E-state index is 0.188. The van der Waals surface area contributed by atoms with Crippen LogP contribution in [-0.2, 0) is 4.79 Å². The van der Waals surface area contributed by atoms with Crippen molar-refractivity contribution in [2.75, 3.05) is 31.1 Å². The quantitative estimate of drug-likeness (QED) is 0.720. The van der Waals surface area contributed by atoms with E-state index in [2.05, 4.69) is 41.8 Å². The Bertz CT molecular complexity index is 606. The van der Waals surface area contributed by atoms with Gasteiger partial charge in [-0.3, -0.25) is 4.79 Å². The molecule has 1 heterocycles. The van der Waals surface area contributed by atoms with Crippen LogP contribution in [0.25, 0.3) is 0 Å². The Balaban J connectivity index is 2.01. The molecule has 1 aromatic rings. The number of nitrogens with zero attached hydrogens (tertiary/aromatic N) is 3. The molecule has 138 valence electrons. The van der Waals surface area contributed by atoms with Crippen molar-refractivity contribution in [1.29, 1.82) is 5.53 Å². The monoisotopic (exact) mass is 344 g/mol. The first kappa shape index (κ1) is 19.4. The van der Waals surface area contributed by atoms with Crippen molar-refractivity contribution in [2.24, 2.45) is 11.0 Å². The molecule has 1 N–H and O–H groups in total. The van der Waals surface area contributed by atoms with Crippen LogP contribution in [-0.4, -0.2) is 37.0 Å². The maximum atomic E-state index is 12.8. The van der Waals surface area contributed by atoms with Crippen LogP contribution in [0.3, 0.4) is 0 Å². The van der Waals surface area contributed by atoms with Gasteiger partial charge in [0.25, 0.3) is 0 Å². The lowest BCUT2D eigenvalue weighted by Crippen LogP contribution is -2.50. The van der Waals surface area contributed by atoms with E-state index in [1.807, 2.05) is 13.0 Å². The lowest BCUT2D eigenvalue weighted by molar-refractivity contribution is -0.136. The number of unbranched alkanes of at least 4 members (excludes halogenated alkanes) is 1. The van der Waals surface area contributed by atoms with E-state index in [1.54, 1.807) is 0 Å². The Morgan fingerprint density at radius 2 is 1.84 bits per heavy atom. The number of hydrogen-bond acceptors (Lipinski definition) is 4. The SMILES string of the molecule is CCCCC(CC)C(=O)N1CCN(c2cc(C)c(N=N)cc2C)CC1. The van der Waals surface area contributed by atoms with E-state index in [0.29, 0.717) is 5.91 Å². The van der Waals surface area contributed by atoms with Crippen molar-refractivity contribution in [3.8, 4) is 0 Å². The number of benzene rings is 1. The van der Waals surface area contributed by atoms with Gasteiger partial charge in [0.1, 0.15) is 0 Å². The maximum Gasteiger partial charge on any atom is 0.225 e. The molecule has 1 fully saturated rings. The van der Waals surface area contributed by atoms with Crippen molar-refractivity contribution in [2.45, 2.75) is 53.4 Å². The standard InChI is InChI=1S/C20H32N4O/c1-5-7-8-17(6-2)20(25)24-11-9-23(10-12-24)19-14-15(3)18(22-21)13-16(19)4/h13-14,17,21H,5-12H2,1-4H3. The van der Waals surface area contributed by atoms with Crippen LogP contribution in [0.1, 0.15) is 50.7 Å². The highest BCUT2D eigenvalue weighted by Crippen LogP contribution is 2.30. The van der Waals surface area contributed by atoms with Gasteiger partial charge in [-0.1, -0.05) is 26.7 Å². The topological polar surface area (TPSA) is 59.8 Å². The van der Waals surface area contributed by atoms with Gasteiger partial charge in [-0.05, 0) is 49.9 Å². The van der Waals surface area contributed by atoms with Crippen LogP contribution in [0.15, 0.2) is 17.2 Å². The average molecular weight is 345 g/mol. The number of aryl methyl sites for hydroxylation is 2. The summed E-state index contributed by atoms with van der Waals surface area (Å²) in [5.74, 6) is 0.528. The van der Waals surface area contributed by atoms with Gasteiger partial charge in [-0.25, -0.2) is 5.53 Å². The molecule has 1 amide bonds. The van der Waals surface area contributed by atoms with E-state index >= 15 is 0 Å². The number of amides is 1. The minimum Gasteiger partial charge on any atom is -0.368 e. The van der Waals surface area contributed by atoms with Crippen molar-refractivity contribution >= 4 is 17.3 Å². The molecule has 5 nitrogen and oxygen atoms in total. The predicted octanol–water partition coefficient (Wildman–Crippen LogP) is 4.83. The highest BCUT2D eigenvalue weighted by molar-refractivity contribution is 5.79. The molecule has 25 heavy (non-hydrogen) atoms. The average Bonchev–Trinajstić information content (AvgIpc) is 2.63. The van der Waals surface area contributed by atoms with E-state index in [0.717, 1.165) is 68.7 Å². The summed E-state index contributed by atoms with van der Waals surface area (Å²) in [6, 6.07) is 4.10. The van der Waals surface area contributed by atoms with Crippen molar-refractivity contribution < 1.29 is 4.79 Å². The third-order valence-electron chi connectivity index (χ3n) is 5.32. The molecule has 0 saturated carbocycles. The molecule has 1 saturated heterocycles. The number of carbonyl (C=O) groups is 1. The van der Waals surface area contributed by atoms with E-state index < -0.39 is 0 Å². The molecular weight excluding hydrogens is 312 g/mol. The number of nitrogens with one attached hydrogen (secondary N) is 1. The maximum absolute atomic E-state index is 12.8. The fourth-order valence-corrected chi connectivity index (χ4v) is 3.63. The third-order valence-corrected chi connectivity index (χ3v) is 5.32. The summed E-state index contributed by atoms with van der Waals surface area (Å²) >= 11 is 0. The van der Waals surface area contributed by atoms with E-state index in [-0.39, 0.29) is 5.92 Å². The molecule has 1 aliphatic heterocycles. The Hall–Kier alpha value is -1.91. The molecule has 0 aliphatic carbocycles. The highest BCUT2D eigenvalue weighted by atomic mass is 16.2. The second kappa shape index (κ2) is 8.97. The molecule has 0 aromatic heterocycles. The first-order valence-electron chi connectivity index (χ1n) is 9.54. The van der Waals surface area contributed by atoms with Crippen LogP contribution in [0.4, 0.5) is 11.4 Å². The second-order valence-corrected chi connectivity index (χ2v) is 7.10. The Morgan fingerprint density at radius 1 is 1.16 bits per heavy atom. The largest absolute Gasteiger partial charge is 0.368 e. The van der Waals surface area contributed by atoms with Crippen molar-refractivity contribution in [3.63, 3.8) is 0 Å². The summed E-state index contributed by atoms with van der Waals surface area (Å²) < 4.78 is 0. The van der Waals surface area contributed by atoms with Gasteiger partial charge in [-0.2, -0.15) is 5.11 Å². The molecule has 1 aromatic carbocycles. The van der Waals surface area contributed by atoms with Crippen LogP contribution in [0.2, 0.25) is 0 Å². The zero-order valence-corrected chi connectivity index (χ0v) is 16.1. The number of anilines is 1. The number of carbonyl (C=O) groups excluding carboxylic acids is 1. The Labute approximate surface area is 151 Å². The first-order valence-corrected chi connectivity index (χ1v) is 9.54. The summed E-state index contributed by atoms with van der Waals surface area (Å²) in [6.45, 7) is 11.7. The Morgan fingerprint density at radius 3 is 2.40 bits per heavy atom. The first-order chi connectivity index (χ1) is 12.0. The van der Waals surface area contributed by atoms with Gasteiger partial charge in [0, 0.05) is 37.8 Å². The Kier molecular flexibility index (Phi) is 6.97. The van der Waals surface area contributed by atoms with Crippen LogP contribution < -0.4 is 4.90 Å². The summed E-state index contributed by atoms with van der Waals surface area (Å²) in [4.78, 5) is 17.2. The van der Waals surface area contributed by atoms with Gasteiger partial charge in [0.2, 0.25) is 5.91 Å². The molecule has 2 rings (SSSR count). The predicted molar refractivity (Wildman–Crippen MR) is 103 cm³/mol. The number of rotatable bonds is 7. The minimum atomic E-state index is 0.188. The molecule has 0 spiro atoms. The zero-order chi connectivity index (χ0) is 18.4. The van der Waals surface area contributed by atoms with Crippen LogP contribution >= 0.6 is 0 Å². The smallest absolute Gasteiger partial charge is 0.225 e.